The van der Waals surface area contributed by atoms with E-state index in [0.29, 0.717) is 12.3 Å². The summed E-state index contributed by atoms with van der Waals surface area (Å²) in [6.07, 6.45) is 0.799. The third kappa shape index (κ3) is 1.80. The fraction of sp³-hybridized carbons (Fsp3) is 0.750. The lowest BCUT2D eigenvalue weighted by molar-refractivity contribution is -0.125. The Bertz CT molecular complexity index is 240. The third-order valence-electron chi connectivity index (χ3n) is 2.24. The van der Waals surface area contributed by atoms with Gasteiger partial charge in [-0.1, -0.05) is 0 Å². The minimum absolute atomic E-state index is 0.225. The Morgan fingerprint density at radius 1 is 1.46 bits per heavy atom. The Morgan fingerprint density at radius 2 is 2.08 bits per heavy atom. The molecule has 74 valence electrons. The van der Waals surface area contributed by atoms with Crippen LogP contribution in [0.4, 0.5) is 4.79 Å². The lowest BCUT2D eigenvalue weighted by atomic mass is 10.0. The van der Waals surface area contributed by atoms with Crippen molar-refractivity contribution in [2.45, 2.75) is 25.8 Å². The molecule has 1 rings (SSSR count). The molecule has 1 fully saturated rings. The van der Waals surface area contributed by atoms with Crippen molar-refractivity contribution >= 4 is 24.6 Å². The van der Waals surface area contributed by atoms with Crippen LogP contribution in [0.5, 0.6) is 0 Å². The maximum atomic E-state index is 11.3. The highest BCUT2D eigenvalue weighted by molar-refractivity contribution is 7.80. The molecule has 0 unspecified atom stereocenters. The zero-order chi connectivity index (χ0) is 10.1. The van der Waals surface area contributed by atoms with Gasteiger partial charge >= 0.3 is 6.03 Å². The highest BCUT2D eigenvalue weighted by Gasteiger charge is 2.44. The van der Waals surface area contributed by atoms with E-state index in [4.69, 9.17) is 0 Å². The molecule has 0 aromatic heterocycles. The second kappa shape index (κ2) is 3.57. The van der Waals surface area contributed by atoms with Gasteiger partial charge in [0.25, 0.3) is 5.91 Å². The average molecular weight is 202 g/mol. The van der Waals surface area contributed by atoms with Crippen molar-refractivity contribution in [1.29, 1.82) is 0 Å². The Balaban J connectivity index is 2.71. The number of amides is 3. The minimum atomic E-state index is -0.708. The summed E-state index contributed by atoms with van der Waals surface area (Å²) in [4.78, 5) is 24.1. The number of carbonyl (C=O) groups is 2. The van der Waals surface area contributed by atoms with E-state index in [9.17, 15) is 9.59 Å². The Kier molecular flexibility index (Phi) is 2.85. The zero-order valence-electron chi connectivity index (χ0n) is 7.83. The molecule has 0 aliphatic carbocycles. The second-order valence-electron chi connectivity index (χ2n) is 3.55. The van der Waals surface area contributed by atoms with Gasteiger partial charge in [0.05, 0.1) is 0 Å². The predicted octanol–water partition coefficient (Wildman–Crippen LogP) is 0.637. The molecule has 1 heterocycles. The average Bonchev–Trinajstić information content (AvgIpc) is 2.21. The lowest BCUT2D eigenvalue weighted by Gasteiger charge is -2.27. The van der Waals surface area contributed by atoms with Crippen LogP contribution in [-0.2, 0) is 4.79 Å². The van der Waals surface area contributed by atoms with Gasteiger partial charge in [0.2, 0.25) is 0 Å². The van der Waals surface area contributed by atoms with Gasteiger partial charge in [-0.25, -0.2) is 4.79 Å². The van der Waals surface area contributed by atoms with E-state index >= 15 is 0 Å². The summed E-state index contributed by atoms with van der Waals surface area (Å²) in [5, 5.41) is 2.29. The number of nitrogens with one attached hydrogen (secondary N) is 1. The van der Waals surface area contributed by atoms with Crippen molar-refractivity contribution in [1.82, 2.24) is 10.2 Å². The molecule has 1 N–H and O–H groups in total. The summed E-state index contributed by atoms with van der Waals surface area (Å²) in [7, 11) is 0. The number of nitrogens with zero attached hydrogens (tertiary/aromatic N) is 1. The van der Waals surface area contributed by atoms with Crippen molar-refractivity contribution in [3.05, 3.63) is 0 Å². The second-order valence-corrected chi connectivity index (χ2v) is 3.99. The van der Waals surface area contributed by atoms with Crippen molar-refractivity contribution < 1.29 is 9.59 Å². The lowest BCUT2D eigenvalue weighted by Crippen LogP contribution is -2.44. The molecule has 0 saturated carbocycles. The van der Waals surface area contributed by atoms with Gasteiger partial charge in [-0.2, -0.15) is 12.6 Å². The first-order valence-corrected chi connectivity index (χ1v) is 4.87. The maximum absolute atomic E-state index is 11.3. The van der Waals surface area contributed by atoms with Crippen LogP contribution in [0.2, 0.25) is 0 Å². The number of thiol groups is 1. The summed E-state index contributed by atoms with van der Waals surface area (Å²) in [5.74, 6) is 0.491. The van der Waals surface area contributed by atoms with E-state index in [2.05, 4.69) is 17.9 Å². The fourth-order valence-corrected chi connectivity index (χ4v) is 1.45. The largest absolute Gasteiger partial charge is 0.324 e. The number of hydrogen-bond donors (Lipinski definition) is 2. The molecular formula is C8H14N2O2S. The van der Waals surface area contributed by atoms with Crippen LogP contribution >= 0.6 is 12.6 Å². The van der Waals surface area contributed by atoms with Crippen LogP contribution in [0.3, 0.4) is 0 Å². The molecule has 0 radical (unpaired) electrons. The molecule has 4 nitrogen and oxygen atoms in total. The standard InChI is InChI=1S/C8H14N2O2S/c1-8(2)6(11)9-7(12)10(8)4-3-5-13/h13H,3-5H2,1-2H3,(H,9,11,12). The Hall–Kier alpha value is -0.710. The van der Waals surface area contributed by atoms with E-state index in [1.54, 1.807) is 18.7 Å². The van der Waals surface area contributed by atoms with E-state index in [-0.39, 0.29) is 11.9 Å². The molecule has 1 aliphatic rings. The summed E-state index contributed by atoms with van der Waals surface area (Å²) in [5.41, 5.74) is -0.708. The smallest absolute Gasteiger partial charge is 0.310 e. The molecule has 5 heteroatoms. The molecular weight excluding hydrogens is 188 g/mol. The number of imide groups is 1. The third-order valence-corrected chi connectivity index (χ3v) is 2.55. The molecule has 1 aliphatic heterocycles. The van der Waals surface area contributed by atoms with E-state index < -0.39 is 5.54 Å². The number of urea groups is 1. The molecule has 0 spiro atoms. The molecule has 0 atom stereocenters. The first-order chi connectivity index (χ1) is 6.00. The van der Waals surface area contributed by atoms with Crippen molar-refractivity contribution in [2.24, 2.45) is 0 Å². The molecule has 1 saturated heterocycles. The number of hydrogen-bond acceptors (Lipinski definition) is 3. The molecule has 13 heavy (non-hydrogen) atoms. The Morgan fingerprint density at radius 3 is 2.46 bits per heavy atom. The topological polar surface area (TPSA) is 49.4 Å². The summed E-state index contributed by atoms with van der Waals surface area (Å²) < 4.78 is 0. The SMILES string of the molecule is CC1(C)C(=O)NC(=O)N1CCCS. The van der Waals surface area contributed by atoms with Crippen molar-refractivity contribution in [3.63, 3.8) is 0 Å². The monoisotopic (exact) mass is 202 g/mol. The van der Waals surface area contributed by atoms with Gasteiger partial charge in [0.15, 0.2) is 0 Å². The Labute approximate surface area is 83.1 Å². The highest BCUT2D eigenvalue weighted by Crippen LogP contribution is 2.20. The predicted molar refractivity (Wildman–Crippen MR) is 52.8 cm³/mol. The number of carbonyl (C=O) groups excluding carboxylic acids is 2. The van der Waals surface area contributed by atoms with Crippen molar-refractivity contribution in [2.75, 3.05) is 12.3 Å². The maximum Gasteiger partial charge on any atom is 0.324 e. The van der Waals surface area contributed by atoms with Gasteiger partial charge in [-0.05, 0) is 26.0 Å². The molecule has 0 bridgehead atoms. The van der Waals surface area contributed by atoms with E-state index in [1.165, 1.54) is 0 Å². The summed E-state index contributed by atoms with van der Waals surface area (Å²) in [6.45, 7) is 4.06. The van der Waals surface area contributed by atoms with Crippen LogP contribution < -0.4 is 5.32 Å². The number of rotatable bonds is 3. The summed E-state index contributed by atoms with van der Waals surface area (Å²) >= 11 is 4.06. The molecule has 0 aromatic rings. The van der Waals surface area contributed by atoms with Crippen LogP contribution in [0.15, 0.2) is 0 Å². The van der Waals surface area contributed by atoms with Crippen LogP contribution in [0.1, 0.15) is 20.3 Å². The first-order valence-electron chi connectivity index (χ1n) is 4.24. The van der Waals surface area contributed by atoms with Gasteiger partial charge < -0.3 is 4.90 Å². The quantitative estimate of drug-likeness (QED) is 0.521. The van der Waals surface area contributed by atoms with Crippen LogP contribution in [-0.4, -0.2) is 34.7 Å². The van der Waals surface area contributed by atoms with Gasteiger partial charge in [0, 0.05) is 6.54 Å². The van der Waals surface area contributed by atoms with Crippen LogP contribution in [0.25, 0.3) is 0 Å². The molecule has 0 aromatic carbocycles. The molecule has 3 amide bonds. The first kappa shape index (κ1) is 10.4. The highest BCUT2D eigenvalue weighted by atomic mass is 32.1. The minimum Gasteiger partial charge on any atom is -0.310 e. The van der Waals surface area contributed by atoms with Crippen molar-refractivity contribution in [3.8, 4) is 0 Å². The van der Waals surface area contributed by atoms with Gasteiger partial charge in [0.1, 0.15) is 5.54 Å². The summed E-state index contributed by atoms with van der Waals surface area (Å²) in [6, 6.07) is -0.295. The van der Waals surface area contributed by atoms with Gasteiger partial charge in [-0.3, -0.25) is 10.1 Å². The fourth-order valence-electron chi connectivity index (χ4n) is 1.30. The van der Waals surface area contributed by atoms with E-state index in [1.807, 2.05) is 0 Å². The normalized spacial score (nSPS) is 20.7. The van der Waals surface area contributed by atoms with E-state index in [0.717, 1.165) is 6.42 Å². The van der Waals surface area contributed by atoms with Gasteiger partial charge in [-0.15, -0.1) is 0 Å². The van der Waals surface area contributed by atoms with Crippen LogP contribution in [0, 0.1) is 0 Å². The zero-order valence-corrected chi connectivity index (χ0v) is 8.73.